The summed E-state index contributed by atoms with van der Waals surface area (Å²) in [7, 11) is 0. The van der Waals surface area contributed by atoms with E-state index in [0.29, 0.717) is 42.6 Å². The molecule has 11 nitrogen and oxygen atoms in total. The van der Waals surface area contributed by atoms with Crippen LogP contribution in [0.2, 0.25) is 0 Å². The number of fused-ring (bicyclic) bond motifs is 2. The molecule has 3 atom stereocenters. The highest BCUT2D eigenvalue weighted by Crippen LogP contribution is 2.37. The number of aliphatic hydroxyl groups excluding tert-OH is 1. The predicted octanol–water partition coefficient (Wildman–Crippen LogP) is 7.35. The van der Waals surface area contributed by atoms with Gasteiger partial charge >= 0.3 is 5.97 Å². The van der Waals surface area contributed by atoms with E-state index in [1.165, 1.54) is 5.56 Å². The first-order valence-corrected chi connectivity index (χ1v) is 18.0. The van der Waals surface area contributed by atoms with E-state index < -0.39 is 5.97 Å². The van der Waals surface area contributed by atoms with Crippen LogP contribution in [0.15, 0.2) is 79.4 Å². The molecule has 52 heavy (non-hydrogen) atoms. The molecule has 1 aliphatic carbocycles. The fourth-order valence-electron chi connectivity index (χ4n) is 7.82. The Morgan fingerprint density at radius 3 is 2.21 bits per heavy atom. The van der Waals surface area contributed by atoms with Gasteiger partial charge in [-0.1, -0.05) is 24.3 Å². The molecule has 2 fully saturated rings. The summed E-state index contributed by atoms with van der Waals surface area (Å²) in [5.74, 6) is 0.768. The number of hydrogen-bond acceptors (Lipinski definition) is 10. The fraction of sp³-hybridized carbons (Fsp3) is 0.317. The van der Waals surface area contributed by atoms with Gasteiger partial charge < -0.3 is 20.8 Å². The normalized spacial score (nSPS) is 19.0. The Bertz CT molecular complexity index is 2300. The zero-order valence-electron chi connectivity index (χ0n) is 29.4. The third-order valence-corrected chi connectivity index (χ3v) is 10.7. The Balaban J connectivity index is 1.02. The zero-order chi connectivity index (χ0) is 35.8. The molecule has 1 aliphatic heterocycles. The maximum absolute atomic E-state index is 11.4. The first-order chi connectivity index (χ1) is 25.3. The van der Waals surface area contributed by atoms with Crippen molar-refractivity contribution in [3.8, 4) is 11.1 Å². The monoisotopic (exact) mass is 694 g/mol. The van der Waals surface area contributed by atoms with Gasteiger partial charge in [-0.05, 0) is 117 Å². The smallest absolute Gasteiger partial charge is 0.307 e. The molecule has 0 bridgehead atoms. The van der Waals surface area contributed by atoms with Crippen molar-refractivity contribution >= 4 is 50.9 Å². The Morgan fingerprint density at radius 2 is 1.54 bits per heavy atom. The molecule has 5 heterocycles. The van der Waals surface area contributed by atoms with E-state index >= 15 is 0 Å². The Morgan fingerprint density at radius 1 is 0.846 bits per heavy atom. The van der Waals surface area contributed by atoms with E-state index in [1.807, 2.05) is 36.7 Å². The van der Waals surface area contributed by atoms with Crippen LogP contribution in [-0.2, 0) is 17.8 Å². The second-order valence-electron chi connectivity index (χ2n) is 14.3. The number of pyridine rings is 3. The molecule has 0 radical (unpaired) electrons. The largest absolute Gasteiger partial charge is 0.481 e. The predicted molar refractivity (Wildman–Crippen MR) is 203 cm³/mol. The van der Waals surface area contributed by atoms with Crippen LogP contribution in [0.3, 0.4) is 0 Å². The molecule has 1 unspecified atom stereocenters. The van der Waals surface area contributed by atoms with Gasteiger partial charge in [0.1, 0.15) is 11.0 Å². The van der Waals surface area contributed by atoms with E-state index in [0.717, 1.165) is 88.0 Å². The average Bonchev–Trinajstić information content (AvgIpc) is 3.79. The number of carboxylic acids is 1. The topological polar surface area (TPSA) is 149 Å². The van der Waals surface area contributed by atoms with Crippen molar-refractivity contribution in [2.75, 3.05) is 23.7 Å². The van der Waals surface area contributed by atoms with E-state index in [1.54, 1.807) is 12.4 Å². The van der Waals surface area contributed by atoms with Crippen LogP contribution in [-0.4, -0.2) is 65.2 Å². The lowest BCUT2D eigenvalue weighted by molar-refractivity contribution is -0.141. The van der Waals surface area contributed by atoms with Gasteiger partial charge in [0.05, 0.1) is 29.4 Å². The van der Waals surface area contributed by atoms with Gasteiger partial charge in [0.15, 0.2) is 11.6 Å². The third-order valence-electron chi connectivity index (χ3n) is 10.7. The summed E-state index contributed by atoms with van der Waals surface area (Å²) in [5.41, 5.74) is 10.4. The van der Waals surface area contributed by atoms with E-state index in [4.69, 9.17) is 15.0 Å². The van der Waals surface area contributed by atoms with Crippen molar-refractivity contribution < 1.29 is 15.0 Å². The summed E-state index contributed by atoms with van der Waals surface area (Å²) in [5, 5.41) is 27.5. The fourth-order valence-corrected chi connectivity index (χ4v) is 7.82. The molecule has 4 aromatic heterocycles. The lowest BCUT2D eigenvalue weighted by Crippen LogP contribution is -2.23. The summed E-state index contributed by atoms with van der Waals surface area (Å²) in [6, 6.07) is 18.5. The number of hydrogen-bond donors (Lipinski definition) is 4. The second kappa shape index (κ2) is 14.2. The Labute approximate surface area is 302 Å². The van der Waals surface area contributed by atoms with Crippen molar-refractivity contribution in [3.63, 3.8) is 0 Å². The minimum absolute atomic E-state index is 0.172. The van der Waals surface area contributed by atoms with Crippen molar-refractivity contribution in [1.29, 1.82) is 0 Å². The Hall–Kier alpha value is -5.52. The number of carboxylic acid groups (broad SMARTS) is 1. The van der Waals surface area contributed by atoms with E-state index in [-0.39, 0.29) is 12.0 Å². The summed E-state index contributed by atoms with van der Waals surface area (Å²) in [6.45, 7) is 6.05. The SMILES string of the molecule is Cc1c(Nc2nccc3cc(CC4CC[C@@H](O)C4)cnc23)cccc1-c1cccc(Nc2nccc3nc(CN4CC[C@@H](C(=O)O)C4)cnc23)c1C. The van der Waals surface area contributed by atoms with Crippen LogP contribution >= 0.6 is 0 Å². The van der Waals surface area contributed by atoms with Crippen LogP contribution in [0.5, 0.6) is 0 Å². The van der Waals surface area contributed by atoms with Crippen LogP contribution in [0.25, 0.3) is 33.1 Å². The van der Waals surface area contributed by atoms with Crippen molar-refractivity contribution in [2.24, 2.45) is 11.8 Å². The van der Waals surface area contributed by atoms with Crippen molar-refractivity contribution in [3.05, 3.63) is 102 Å². The lowest BCUT2D eigenvalue weighted by atomic mass is 9.94. The number of aliphatic carboxylic acids is 1. The molecular weight excluding hydrogens is 653 g/mol. The Kier molecular flexibility index (Phi) is 9.21. The molecule has 1 saturated heterocycles. The highest BCUT2D eigenvalue weighted by Gasteiger charge is 2.28. The van der Waals surface area contributed by atoms with Gasteiger partial charge in [0, 0.05) is 48.4 Å². The number of likely N-dealkylation sites (tertiary alicyclic amines) is 1. The highest BCUT2D eigenvalue weighted by molar-refractivity contribution is 5.92. The number of aliphatic hydroxyl groups is 1. The van der Waals surface area contributed by atoms with Gasteiger partial charge in [0.25, 0.3) is 0 Å². The van der Waals surface area contributed by atoms with Gasteiger partial charge in [-0.2, -0.15) is 0 Å². The van der Waals surface area contributed by atoms with Crippen LogP contribution < -0.4 is 10.6 Å². The summed E-state index contributed by atoms with van der Waals surface area (Å²) < 4.78 is 0. The van der Waals surface area contributed by atoms with E-state index in [2.05, 4.69) is 69.7 Å². The molecular formula is C41H42N8O3. The second-order valence-corrected chi connectivity index (χ2v) is 14.3. The maximum Gasteiger partial charge on any atom is 0.307 e. The average molecular weight is 695 g/mol. The molecule has 1 saturated carbocycles. The van der Waals surface area contributed by atoms with Gasteiger partial charge in [-0.25, -0.2) is 19.9 Å². The molecule has 8 rings (SSSR count). The number of aromatic nitrogens is 5. The lowest BCUT2D eigenvalue weighted by Gasteiger charge is -2.18. The molecule has 2 aliphatic rings. The molecule has 0 spiro atoms. The third kappa shape index (κ3) is 6.89. The minimum Gasteiger partial charge on any atom is -0.481 e. The first kappa shape index (κ1) is 33.6. The van der Waals surface area contributed by atoms with Crippen molar-refractivity contribution in [1.82, 2.24) is 29.8 Å². The number of nitrogens with one attached hydrogen (secondary N) is 2. The molecule has 2 aromatic carbocycles. The quantitative estimate of drug-likeness (QED) is 0.114. The van der Waals surface area contributed by atoms with Gasteiger partial charge in [-0.15, -0.1) is 0 Å². The molecule has 264 valence electrons. The highest BCUT2D eigenvalue weighted by atomic mass is 16.4. The molecule has 6 aromatic rings. The van der Waals surface area contributed by atoms with Gasteiger partial charge in [0.2, 0.25) is 0 Å². The summed E-state index contributed by atoms with van der Waals surface area (Å²) in [4.78, 5) is 37.2. The van der Waals surface area contributed by atoms with Crippen molar-refractivity contribution in [2.45, 2.75) is 58.6 Å². The number of benzene rings is 2. The molecule has 11 heteroatoms. The molecule has 0 amide bonds. The standard InChI is InChI=1S/C41H42N8O3/c1-24-32(5-3-7-34(24)47-39-37-28(11-14-42-39)18-27(20-44-37)17-26-9-10-31(50)19-26)33-6-4-8-35(25(33)2)48-40-38-36(12-15-43-40)46-30(21-45-38)23-49-16-13-29(22-49)41(51)52/h3-8,11-12,14-15,18,20-21,26,29,31,50H,9-10,13,16-17,19,22-23H2,1-2H3,(H,42,47)(H,43,48)(H,51,52)/t26?,29-,31-/m1/s1. The first-order valence-electron chi connectivity index (χ1n) is 18.0. The number of rotatable bonds is 10. The van der Waals surface area contributed by atoms with Gasteiger partial charge in [-0.3, -0.25) is 14.7 Å². The van der Waals surface area contributed by atoms with E-state index in [9.17, 15) is 15.0 Å². The summed E-state index contributed by atoms with van der Waals surface area (Å²) in [6.07, 6.45) is 11.5. The molecule has 4 N–H and O–H groups in total. The number of carbonyl (C=O) groups is 1. The zero-order valence-corrected chi connectivity index (χ0v) is 29.4. The minimum atomic E-state index is -0.740. The summed E-state index contributed by atoms with van der Waals surface area (Å²) >= 11 is 0. The van der Waals surface area contributed by atoms with Crippen LogP contribution in [0, 0.1) is 25.7 Å². The number of nitrogens with zero attached hydrogens (tertiary/aromatic N) is 6. The van der Waals surface area contributed by atoms with Crippen LogP contribution in [0.1, 0.15) is 48.1 Å². The van der Waals surface area contributed by atoms with Crippen LogP contribution in [0.4, 0.5) is 23.0 Å². The maximum atomic E-state index is 11.4. The number of anilines is 4.